The Bertz CT molecular complexity index is 1300. The van der Waals surface area contributed by atoms with Crippen LogP contribution in [0.3, 0.4) is 0 Å². The first-order chi connectivity index (χ1) is 16.0. The second kappa shape index (κ2) is 8.99. The number of amides is 1. The standard InChI is InChI=1S/C24H25FN6OS/c1-3-8-28-15-21(14-26-28)33-29-9-10-30(24(32)16-29)22-12-18-13-27-31(23(18)11-17(22)2)20-6-4-19(25)5-7-20/h4-7,11-15H,3,8-10,16H2,1-2H3. The van der Waals surface area contributed by atoms with Crippen molar-refractivity contribution in [3.05, 3.63) is 66.4 Å². The molecule has 0 radical (unpaired) electrons. The summed E-state index contributed by atoms with van der Waals surface area (Å²) in [5.41, 5.74) is 3.63. The number of hydrogen-bond acceptors (Lipinski definition) is 5. The normalized spacial score (nSPS) is 15.0. The van der Waals surface area contributed by atoms with Crippen molar-refractivity contribution in [3.8, 4) is 5.69 Å². The zero-order valence-corrected chi connectivity index (χ0v) is 19.4. The van der Waals surface area contributed by atoms with Crippen molar-refractivity contribution in [3.63, 3.8) is 0 Å². The number of hydrogen-bond donors (Lipinski definition) is 0. The molecule has 0 saturated carbocycles. The monoisotopic (exact) mass is 464 g/mol. The number of aryl methyl sites for hydroxylation is 2. The van der Waals surface area contributed by atoms with Gasteiger partial charge in [0.1, 0.15) is 5.82 Å². The zero-order valence-electron chi connectivity index (χ0n) is 18.6. The van der Waals surface area contributed by atoms with Crippen LogP contribution in [0.5, 0.6) is 0 Å². The van der Waals surface area contributed by atoms with Crippen LogP contribution >= 0.6 is 11.9 Å². The molecule has 170 valence electrons. The molecule has 1 amide bonds. The summed E-state index contributed by atoms with van der Waals surface area (Å²) in [6.45, 7) is 6.75. The molecule has 1 aliphatic heterocycles. The molecule has 9 heteroatoms. The van der Waals surface area contributed by atoms with E-state index in [2.05, 4.69) is 21.4 Å². The second-order valence-corrected chi connectivity index (χ2v) is 9.34. The van der Waals surface area contributed by atoms with Crippen molar-refractivity contribution in [2.45, 2.75) is 31.7 Å². The summed E-state index contributed by atoms with van der Waals surface area (Å²) in [6.07, 6.45) is 6.71. The minimum absolute atomic E-state index is 0.0723. The van der Waals surface area contributed by atoms with Crippen LogP contribution in [-0.4, -0.2) is 49.4 Å². The van der Waals surface area contributed by atoms with E-state index >= 15 is 0 Å². The lowest BCUT2D eigenvalue weighted by atomic mass is 10.1. The fraction of sp³-hybridized carbons (Fsp3) is 0.292. The molecule has 0 atom stereocenters. The van der Waals surface area contributed by atoms with E-state index in [-0.39, 0.29) is 11.7 Å². The number of carbonyl (C=O) groups excluding carboxylic acids is 1. The molecule has 5 rings (SSSR count). The van der Waals surface area contributed by atoms with Crippen molar-refractivity contribution < 1.29 is 9.18 Å². The van der Waals surface area contributed by atoms with Crippen molar-refractivity contribution in [1.82, 2.24) is 23.9 Å². The van der Waals surface area contributed by atoms with Crippen molar-refractivity contribution in [2.24, 2.45) is 0 Å². The summed E-state index contributed by atoms with van der Waals surface area (Å²) in [4.78, 5) is 16.0. The maximum Gasteiger partial charge on any atom is 0.242 e. The quantitative estimate of drug-likeness (QED) is 0.395. The lowest BCUT2D eigenvalue weighted by Gasteiger charge is -2.34. The Morgan fingerprint density at radius 2 is 1.91 bits per heavy atom. The Kier molecular flexibility index (Phi) is 5.90. The van der Waals surface area contributed by atoms with Gasteiger partial charge in [0.05, 0.1) is 35.0 Å². The van der Waals surface area contributed by atoms with Gasteiger partial charge in [0, 0.05) is 36.9 Å². The van der Waals surface area contributed by atoms with Crippen LogP contribution < -0.4 is 4.90 Å². The molecule has 2 aromatic heterocycles. The van der Waals surface area contributed by atoms with Gasteiger partial charge in [-0.25, -0.2) is 13.4 Å². The van der Waals surface area contributed by atoms with Gasteiger partial charge in [-0.1, -0.05) is 6.92 Å². The largest absolute Gasteiger partial charge is 0.310 e. The van der Waals surface area contributed by atoms with E-state index in [0.29, 0.717) is 13.1 Å². The minimum Gasteiger partial charge on any atom is -0.310 e. The molecule has 0 N–H and O–H groups in total. The molecule has 1 fully saturated rings. The first-order valence-electron chi connectivity index (χ1n) is 11.0. The lowest BCUT2D eigenvalue weighted by Crippen LogP contribution is -2.48. The Labute approximate surface area is 195 Å². The van der Waals surface area contributed by atoms with E-state index in [1.54, 1.807) is 35.0 Å². The van der Waals surface area contributed by atoms with Gasteiger partial charge in [-0.05, 0) is 67.3 Å². The van der Waals surface area contributed by atoms with E-state index in [9.17, 15) is 9.18 Å². The molecule has 7 nitrogen and oxygen atoms in total. The molecule has 0 spiro atoms. The third-order valence-corrected chi connectivity index (χ3v) is 6.72. The number of aromatic nitrogens is 4. The fourth-order valence-electron chi connectivity index (χ4n) is 4.12. The van der Waals surface area contributed by atoms with Crippen LogP contribution in [0.1, 0.15) is 18.9 Å². The molecular formula is C24H25FN6OS. The maximum absolute atomic E-state index is 13.3. The van der Waals surface area contributed by atoms with Gasteiger partial charge in [0.15, 0.2) is 0 Å². The van der Waals surface area contributed by atoms with Gasteiger partial charge in [0.2, 0.25) is 5.91 Å². The number of anilines is 1. The molecule has 2 aromatic carbocycles. The predicted molar refractivity (Wildman–Crippen MR) is 128 cm³/mol. The molecule has 33 heavy (non-hydrogen) atoms. The van der Waals surface area contributed by atoms with Crippen LogP contribution in [0.15, 0.2) is 59.9 Å². The summed E-state index contributed by atoms with van der Waals surface area (Å²) in [5, 5.41) is 9.79. The van der Waals surface area contributed by atoms with Gasteiger partial charge in [-0.2, -0.15) is 10.2 Å². The number of carbonyl (C=O) groups is 1. The number of halogens is 1. The fourth-order valence-corrected chi connectivity index (χ4v) is 5.03. The number of nitrogens with zero attached hydrogens (tertiary/aromatic N) is 6. The molecule has 0 bridgehead atoms. The third kappa shape index (κ3) is 4.38. The van der Waals surface area contributed by atoms with Gasteiger partial charge >= 0.3 is 0 Å². The van der Waals surface area contributed by atoms with E-state index in [4.69, 9.17) is 0 Å². The summed E-state index contributed by atoms with van der Waals surface area (Å²) in [6, 6.07) is 10.3. The molecule has 1 saturated heterocycles. The first kappa shape index (κ1) is 21.7. The number of rotatable bonds is 6. The summed E-state index contributed by atoms with van der Waals surface area (Å²) in [7, 11) is 0. The highest BCUT2D eigenvalue weighted by Crippen LogP contribution is 2.31. The van der Waals surface area contributed by atoms with Crippen molar-refractivity contribution in [2.75, 3.05) is 24.5 Å². The van der Waals surface area contributed by atoms with Crippen LogP contribution in [0.2, 0.25) is 0 Å². The number of benzene rings is 2. The molecule has 0 aliphatic carbocycles. The van der Waals surface area contributed by atoms with Crippen LogP contribution in [0.4, 0.5) is 10.1 Å². The van der Waals surface area contributed by atoms with Crippen LogP contribution in [-0.2, 0) is 11.3 Å². The van der Waals surface area contributed by atoms with E-state index < -0.39 is 0 Å². The molecule has 4 aromatic rings. The van der Waals surface area contributed by atoms with Crippen LogP contribution in [0, 0.1) is 12.7 Å². The highest BCUT2D eigenvalue weighted by atomic mass is 32.2. The average Bonchev–Trinajstić information content (AvgIpc) is 3.41. The van der Waals surface area contributed by atoms with Crippen molar-refractivity contribution >= 4 is 34.4 Å². The summed E-state index contributed by atoms with van der Waals surface area (Å²) < 4.78 is 19.1. The topological polar surface area (TPSA) is 59.2 Å². The van der Waals surface area contributed by atoms with Gasteiger partial charge in [-0.3, -0.25) is 9.48 Å². The summed E-state index contributed by atoms with van der Waals surface area (Å²) >= 11 is 1.58. The predicted octanol–water partition coefficient (Wildman–Crippen LogP) is 4.44. The highest BCUT2D eigenvalue weighted by molar-refractivity contribution is 7.97. The molecule has 0 unspecified atom stereocenters. The minimum atomic E-state index is -0.278. The SMILES string of the molecule is CCCn1cc(SN2CCN(c3cc4cnn(-c5ccc(F)cc5)c4cc3C)C(=O)C2)cn1. The molecular weight excluding hydrogens is 439 g/mol. The maximum atomic E-state index is 13.3. The molecule has 1 aliphatic rings. The smallest absolute Gasteiger partial charge is 0.242 e. The van der Waals surface area contributed by atoms with E-state index in [1.807, 2.05) is 41.0 Å². The van der Waals surface area contributed by atoms with E-state index in [1.165, 1.54) is 12.1 Å². The Morgan fingerprint density at radius 1 is 1.09 bits per heavy atom. The van der Waals surface area contributed by atoms with Gasteiger partial charge < -0.3 is 4.90 Å². The van der Waals surface area contributed by atoms with Crippen LogP contribution in [0.25, 0.3) is 16.6 Å². The number of piperazine rings is 1. The second-order valence-electron chi connectivity index (χ2n) is 8.17. The third-order valence-electron chi connectivity index (χ3n) is 5.73. The summed E-state index contributed by atoms with van der Waals surface area (Å²) in [5.74, 6) is -0.206. The van der Waals surface area contributed by atoms with Gasteiger partial charge in [0.25, 0.3) is 0 Å². The van der Waals surface area contributed by atoms with Gasteiger partial charge in [-0.15, -0.1) is 0 Å². The Balaban J connectivity index is 1.33. The Hall–Kier alpha value is -3.17. The average molecular weight is 465 g/mol. The lowest BCUT2D eigenvalue weighted by molar-refractivity contribution is -0.119. The number of fused-ring (bicyclic) bond motifs is 1. The first-order valence-corrected chi connectivity index (χ1v) is 11.8. The van der Waals surface area contributed by atoms with E-state index in [0.717, 1.165) is 52.2 Å². The van der Waals surface area contributed by atoms with Crippen molar-refractivity contribution in [1.29, 1.82) is 0 Å². The Morgan fingerprint density at radius 3 is 2.67 bits per heavy atom. The highest BCUT2D eigenvalue weighted by Gasteiger charge is 2.27. The molecule has 3 heterocycles. The zero-order chi connectivity index (χ0) is 22.9.